The SMILES string of the molecule is CC[C@@H](C)NC(=O)[C@H](Cc1ccccc1)N(Cc1ccc(Cl)cc1Cl)C(=O)CN(c1cc(C)cc(C)c1)S(=O)(=O)c1ccccc1. The first kappa shape index (κ1) is 35.0. The van der Waals surface area contributed by atoms with E-state index in [1.165, 1.54) is 17.0 Å². The molecule has 0 aliphatic heterocycles. The summed E-state index contributed by atoms with van der Waals surface area (Å²) in [4.78, 5) is 30.1. The molecule has 1 N–H and O–H groups in total. The van der Waals surface area contributed by atoms with Gasteiger partial charge in [-0.25, -0.2) is 8.42 Å². The van der Waals surface area contributed by atoms with Crippen molar-refractivity contribution in [1.82, 2.24) is 10.2 Å². The summed E-state index contributed by atoms with van der Waals surface area (Å²) >= 11 is 12.8. The lowest BCUT2D eigenvalue weighted by molar-refractivity contribution is -0.140. The zero-order valence-corrected chi connectivity index (χ0v) is 28.7. The highest BCUT2D eigenvalue weighted by molar-refractivity contribution is 7.92. The molecule has 0 bridgehead atoms. The lowest BCUT2D eigenvalue weighted by Gasteiger charge is -2.34. The minimum absolute atomic E-state index is 0.0459. The van der Waals surface area contributed by atoms with Crippen LogP contribution in [-0.2, 0) is 32.6 Å². The molecular weight excluding hydrogens is 641 g/mol. The number of halogens is 2. The van der Waals surface area contributed by atoms with E-state index in [0.29, 0.717) is 27.7 Å². The number of amides is 2. The Balaban J connectivity index is 1.85. The largest absolute Gasteiger partial charge is 0.352 e. The maximum absolute atomic E-state index is 14.6. The molecule has 242 valence electrons. The van der Waals surface area contributed by atoms with Gasteiger partial charge in [-0.15, -0.1) is 0 Å². The molecule has 0 aliphatic carbocycles. The van der Waals surface area contributed by atoms with E-state index in [4.69, 9.17) is 23.2 Å². The number of benzene rings is 4. The van der Waals surface area contributed by atoms with Gasteiger partial charge < -0.3 is 10.2 Å². The van der Waals surface area contributed by atoms with Crippen LogP contribution in [-0.4, -0.2) is 43.8 Å². The van der Waals surface area contributed by atoms with Gasteiger partial charge in [0.05, 0.1) is 10.6 Å². The Morgan fingerprint density at radius 1 is 0.848 bits per heavy atom. The quantitative estimate of drug-likeness (QED) is 0.160. The van der Waals surface area contributed by atoms with Crippen LogP contribution in [0.1, 0.15) is 42.5 Å². The summed E-state index contributed by atoms with van der Waals surface area (Å²) in [5.41, 5.74) is 3.45. The smallest absolute Gasteiger partial charge is 0.264 e. The van der Waals surface area contributed by atoms with E-state index < -0.39 is 28.5 Å². The number of anilines is 1. The number of sulfonamides is 1. The molecule has 0 radical (unpaired) electrons. The monoisotopic (exact) mass is 679 g/mol. The van der Waals surface area contributed by atoms with Gasteiger partial charge >= 0.3 is 0 Å². The highest BCUT2D eigenvalue weighted by Crippen LogP contribution is 2.28. The predicted octanol–water partition coefficient (Wildman–Crippen LogP) is 7.36. The molecule has 0 aromatic heterocycles. The van der Waals surface area contributed by atoms with Gasteiger partial charge in [-0.1, -0.05) is 90.8 Å². The maximum atomic E-state index is 14.6. The Hall–Kier alpha value is -3.85. The molecule has 0 unspecified atom stereocenters. The number of aryl methyl sites for hydroxylation is 2. The average molecular weight is 681 g/mol. The second-order valence-corrected chi connectivity index (χ2v) is 14.2. The van der Waals surface area contributed by atoms with Crippen molar-refractivity contribution in [2.45, 2.75) is 64.1 Å². The first-order valence-corrected chi connectivity index (χ1v) is 17.3. The van der Waals surface area contributed by atoms with E-state index in [2.05, 4.69) is 5.32 Å². The van der Waals surface area contributed by atoms with E-state index in [9.17, 15) is 18.0 Å². The van der Waals surface area contributed by atoms with Crippen LogP contribution in [0.25, 0.3) is 0 Å². The van der Waals surface area contributed by atoms with Crippen molar-refractivity contribution in [3.63, 3.8) is 0 Å². The van der Waals surface area contributed by atoms with Crippen molar-refractivity contribution in [1.29, 1.82) is 0 Å². The minimum atomic E-state index is -4.19. The van der Waals surface area contributed by atoms with Crippen LogP contribution in [0.5, 0.6) is 0 Å². The molecule has 4 aromatic rings. The van der Waals surface area contributed by atoms with Gasteiger partial charge in [0.1, 0.15) is 12.6 Å². The summed E-state index contributed by atoms with van der Waals surface area (Å²) in [6, 6.07) is 26.6. The zero-order valence-electron chi connectivity index (χ0n) is 26.4. The van der Waals surface area contributed by atoms with Crippen molar-refractivity contribution in [2.75, 3.05) is 10.8 Å². The Kier molecular flexibility index (Phi) is 11.9. The topological polar surface area (TPSA) is 86.8 Å². The van der Waals surface area contributed by atoms with Crippen LogP contribution in [0.2, 0.25) is 10.0 Å². The van der Waals surface area contributed by atoms with E-state index in [0.717, 1.165) is 21.0 Å². The first-order valence-electron chi connectivity index (χ1n) is 15.1. The van der Waals surface area contributed by atoms with Crippen molar-refractivity contribution in [3.8, 4) is 0 Å². The average Bonchev–Trinajstić information content (AvgIpc) is 3.02. The van der Waals surface area contributed by atoms with Gasteiger partial charge in [0.2, 0.25) is 11.8 Å². The van der Waals surface area contributed by atoms with Gasteiger partial charge in [-0.05, 0) is 85.8 Å². The summed E-state index contributed by atoms with van der Waals surface area (Å²) in [6.45, 7) is 7.00. The maximum Gasteiger partial charge on any atom is 0.264 e. The van der Waals surface area contributed by atoms with E-state index in [1.54, 1.807) is 48.5 Å². The Morgan fingerprint density at radius 2 is 1.46 bits per heavy atom. The molecule has 0 aliphatic rings. The molecule has 0 saturated heterocycles. The Morgan fingerprint density at radius 3 is 2.04 bits per heavy atom. The number of rotatable bonds is 13. The normalized spacial score (nSPS) is 12.7. The van der Waals surface area contributed by atoms with Crippen LogP contribution in [0.3, 0.4) is 0 Å². The number of nitrogens with one attached hydrogen (secondary N) is 1. The van der Waals surface area contributed by atoms with Crippen LogP contribution < -0.4 is 9.62 Å². The van der Waals surface area contributed by atoms with Crippen LogP contribution in [0.4, 0.5) is 5.69 Å². The van der Waals surface area contributed by atoms with E-state index >= 15 is 0 Å². The predicted molar refractivity (Wildman–Crippen MR) is 186 cm³/mol. The van der Waals surface area contributed by atoms with Gasteiger partial charge in [-0.3, -0.25) is 13.9 Å². The number of carbonyl (C=O) groups is 2. The van der Waals surface area contributed by atoms with Gasteiger partial charge in [-0.2, -0.15) is 0 Å². The number of carbonyl (C=O) groups excluding carboxylic acids is 2. The first-order chi connectivity index (χ1) is 21.9. The fraction of sp³-hybridized carbons (Fsp3) is 0.278. The minimum Gasteiger partial charge on any atom is -0.352 e. The second kappa shape index (κ2) is 15.6. The third kappa shape index (κ3) is 8.90. The van der Waals surface area contributed by atoms with E-state index in [-0.39, 0.29) is 29.8 Å². The third-order valence-corrected chi connectivity index (χ3v) is 10.1. The molecule has 4 aromatic carbocycles. The molecule has 10 heteroatoms. The molecular formula is C36H39Cl2N3O4S. The third-order valence-electron chi connectivity index (χ3n) is 7.73. The van der Waals surface area contributed by atoms with Crippen LogP contribution in [0, 0.1) is 13.8 Å². The van der Waals surface area contributed by atoms with Crippen molar-refractivity contribution >= 4 is 50.7 Å². The summed E-state index contributed by atoms with van der Waals surface area (Å²) in [7, 11) is -4.19. The highest BCUT2D eigenvalue weighted by atomic mass is 35.5. The van der Waals surface area contributed by atoms with Gasteiger partial charge in [0.15, 0.2) is 0 Å². The van der Waals surface area contributed by atoms with Crippen LogP contribution >= 0.6 is 23.2 Å². The molecule has 0 spiro atoms. The summed E-state index contributed by atoms with van der Waals surface area (Å²) < 4.78 is 29.5. The lowest BCUT2D eigenvalue weighted by atomic mass is 10.0. The van der Waals surface area contributed by atoms with Gasteiger partial charge in [0, 0.05) is 29.1 Å². The molecule has 46 heavy (non-hydrogen) atoms. The van der Waals surface area contributed by atoms with Crippen molar-refractivity contribution in [2.24, 2.45) is 0 Å². The summed E-state index contributed by atoms with van der Waals surface area (Å²) in [5.74, 6) is -0.912. The zero-order chi connectivity index (χ0) is 33.4. The standard InChI is InChI=1S/C36H39Cl2N3O4S/c1-5-27(4)39-36(43)34(21-28-12-8-6-9-13-28)40(23-29-16-17-30(37)22-33(29)38)35(42)24-41(31-19-25(2)18-26(3)20-31)46(44,45)32-14-10-7-11-15-32/h6-20,22,27,34H,5,21,23-24H2,1-4H3,(H,39,43)/t27-,34+/m1/s1. The second-order valence-electron chi connectivity index (χ2n) is 11.5. The molecule has 2 amide bonds. The molecule has 2 atom stereocenters. The summed E-state index contributed by atoms with van der Waals surface area (Å²) in [6.07, 6.45) is 0.894. The fourth-order valence-electron chi connectivity index (χ4n) is 5.17. The van der Waals surface area contributed by atoms with Gasteiger partial charge in [0.25, 0.3) is 10.0 Å². The molecule has 0 saturated carbocycles. The molecule has 0 fully saturated rings. The Bertz CT molecular complexity index is 1750. The number of hydrogen-bond acceptors (Lipinski definition) is 4. The number of nitrogens with zero attached hydrogens (tertiary/aromatic N) is 2. The molecule has 7 nitrogen and oxygen atoms in total. The van der Waals surface area contributed by atoms with Crippen molar-refractivity contribution < 1.29 is 18.0 Å². The van der Waals surface area contributed by atoms with Crippen LogP contribution in [0.15, 0.2) is 102 Å². The lowest BCUT2D eigenvalue weighted by Crippen LogP contribution is -2.54. The molecule has 0 heterocycles. The van der Waals surface area contributed by atoms with E-state index in [1.807, 2.05) is 64.1 Å². The highest BCUT2D eigenvalue weighted by Gasteiger charge is 2.35. The summed E-state index contributed by atoms with van der Waals surface area (Å²) in [5, 5.41) is 3.79. The molecule has 4 rings (SSSR count). The van der Waals surface area contributed by atoms with Crippen molar-refractivity contribution in [3.05, 3.63) is 129 Å². The fourth-order valence-corrected chi connectivity index (χ4v) is 7.06. The number of hydrogen-bond donors (Lipinski definition) is 1. The Labute approximate surface area is 282 Å².